The zero-order chi connectivity index (χ0) is 12.3. The van der Waals surface area contributed by atoms with Crippen molar-refractivity contribution in [1.82, 2.24) is 0 Å². The lowest BCUT2D eigenvalue weighted by Crippen LogP contribution is -2.29. The Balaban J connectivity index is 2.38. The molecule has 0 aromatic heterocycles. The van der Waals surface area contributed by atoms with E-state index >= 15 is 0 Å². The van der Waals surface area contributed by atoms with Crippen LogP contribution >= 0.6 is 0 Å². The summed E-state index contributed by atoms with van der Waals surface area (Å²) in [5, 5.41) is 9.72. The lowest BCUT2D eigenvalue weighted by Gasteiger charge is -2.30. The first-order valence-electron chi connectivity index (χ1n) is 5.97. The third-order valence-electron chi connectivity index (χ3n) is 3.18. The first-order chi connectivity index (χ1) is 8.27. The molecule has 1 N–H and O–H groups in total. The fourth-order valence-electron chi connectivity index (χ4n) is 2.32. The number of hydrogen-bond donors (Lipinski definition) is 1. The van der Waals surface area contributed by atoms with Gasteiger partial charge in [-0.2, -0.15) is 0 Å². The van der Waals surface area contributed by atoms with Crippen molar-refractivity contribution in [2.75, 3.05) is 32.2 Å². The first kappa shape index (κ1) is 11.9. The highest BCUT2D eigenvalue weighted by atomic mass is 16.5. The zero-order valence-electron chi connectivity index (χ0n) is 10.4. The molecule has 17 heavy (non-hydrogen) atoms. The van der Waals surface area contributed by atoms with Crippen LogP contribution in [0.4, 0.5) is 5.69 Å². The minimum absolute atomic E-state index is 0.116. The predicted molar refractivity (Wildman–Crippen MR) is 67.3 cm³/mol. The van der Waals surface area contributed by atoms with Crippen molar-refractivity contribution < 1.29 is 14.6 Å². The monoisotopic (exact) mass is 237 g/mol. The fourth-order valence-corrected chi connectivity index (χ4v) is 2.32. The molecular weight excluding hydrogens is 218 g/mol. The molecule has 0 saturated carbocycles. The predicted octanol–water partition coefficient (Wildman–Crippen LogP) is 2.40. The highest BCUT2D eigenvalue weighted by molar-refractivity contribution is 5.69. The van der Waals surface area contributed by atoms with Crippen LogP contribution in [0, 0.1) is 0 Å². The number of methoxy groups -OCH3 is 2. The van der Waals surface area contributed by atoms with E-state index in [1.807, 2.05) is 6.07 Å². The van der Waals surface area contributed by atoms with Crippen LogP contribution in [-0.4, -0.2) is 32.4 Å². The van der Waals surface area contributed by atoms with Crippen LogP contribution in [-0.2, 0) is 0 Å². The van der Waals surface area contributed by atoms with Crippen LogP contribution in [0.25, 0.3) is 0 Å². The molecule has 4 heteroatoms. The van der Waals surface area contributed by atoms with E-state index in [-0.39, 0.29) is 5.75 Å². The number of phenolic OH excluding ortho intramolecular Hbond substituents is 1. The molecule has 0 unspecified atom stereocenters. The maximum atomic E-state index is 9.72. The molecule has 1 saturated heterocycles. The average Bonchev–Trinajstić information content (AvgIpc) is 2.39. The second-order valence-electron chi connectivity index (χ2n) is 4.22. The standard InChI is InChI=1S/C13H19NO3/c1-16-12-10(14-8-4-3-5-9-14)6-7-11(15)13(12)17-2/h6-7,15H,3-5,8-9H2,1-2H3. The van der Waals surface area contributed by atoms with Crippen molar-refractivity contribution in [1.29, 1.82) is 0 Å². The van der Waals surface area contributed by atoms with E-state index in [4.69, 9.17) is 9.47 Å². The van der Waals surface area contributed by atoms with Gasteiger partial charge in [0.1, 0.15) is 0 Å². The van der Waals surface area contributed by atoms with E-state index < -0.39 is 0 Å². The Kier molecular flexibility index (Phi) is 3.61. The summed E-state index contributed by atoms with van der Waals surface area (Å²) in [5.74, 6) is 1.15. The number of hydrogen-bond acceptors (Lipinski definition) is 4. The molecule has 0 aliphatic carbocycles. The van der Waals surface area contributed by atoms with Crippen molar-refractivity contribution in [3.05, 3.63) is 12.1 Å². The number of piperidine rings is 1. The molecule has 0 bridgehead atoms. The fraction of sp³-hybridized carbons (Fsp3) is 0.538. The van der Waals surface area contributed by atoms with E-state index in [1.54, 1.807) is 13.2 Å². The Morgan fingerprint density at radius 1 is 1.00 bits per heavy atom. The Morgan fingerprint density at radius 3 is 2.24 bits per heavy atom. The van der Waals surface area contributed by atoms with Gasteiger partial charge >= 0.3 is 0 Å². The van der Waals surface area contributed by atoms with Crippen molar-refractivity contribution in [2.24, 2.45) is 0 Å². The van der Waals surface area contributed by atoms with Gasteiger partial charge in [0, 0.05) is 13.1 Å². The molecule has 4 nitrogen and oxygen atoms in total. The number of rotatable bonds is 3. The molecule has 1 fully saturated rings. The number of benzene rings is 1. The molecule has 1 heterocycles. The van der Waals surface area contributed by atoms with Crippen LogP contribution < -0.4 is 14.4 Å². The van der Waals surface area contributed by atoms with E-state index in [0.29, 0.717) is 11.5 Å². The Bertz CT molecular complexity index is 386. The van der Waals surface area contributed by atoms with Gasteiger partial charge in [0.05, 0.1) is 19.9 Å². The third-order valence-corrected chi connectivity index (χ3v) is 3.18. The van der Waals surface area contributed by atoms with Gasteiger partial charge in [-0.25, -0.2) is 0 Å². The minimum atomic E-state index is 0.116. The Morgan fingerprint density at radius 2 is 1.65 bits per heavy atom. The van der Waals surface area contributed by atoms with Gasteiger partial charge in [-0.3, -0.25) is 0 Å². The summed E-state index contributed by atoms with van der Waals surface area (Å²) < 4.78 is 10.6. The topological polar surface area (TPSA) is 41.9 Å². The molecule has 1 aromatic rings. The van der Waals surface area contributed by atoms with Crippen LogP contribution in [0.2, 0.25) is 0 Å². The molecule has 0 atom stereocenters. The van der Waals surface area contributed by atoms with Gasteiger partial charge in [0.25, 0.3) is 0 Å². The molecule has 1 aromatic carbocycles. The van der Waals surface area contributed by atoms with Crippen LogP contribution in [0.3, 0.4) is 0 Å². The van der Waals surface area contributed by atoms with Crippen molar-refractivity contribution >= 4 is 5.69 Å². The second kappa shape index (κ2) is 5.17. The average molecular weight is 237 g/mol. The minimum Gasteiger partial charge on any atom is -0.504 e. The van der Waals surface area contributed by atoms with Crippen LogP contribution in [0.1, 0.15) is 19.3 Å². The SMILES string of the molecule is COc1c(O)ccc(N2CCCCC2)c1OC. The van der Waals surface area contributed by atoms with Gasteiger partial charge < -0.3 is 19.5 Å². The molecule has 0 amide bonds. The summed E-state index contributed by atoms with van der Waals surface area (Å²) in [6.45, 7) is 2.06. The largest absolute Gasteiger partial charge is 0.504 e. The molecule has 0 radical (unpaired) electrons. The Labute approximate surface area is 102 Å². The first-order valence-corrected chi connectivity index (χ1v) is 5.97. The normalized spacial score (nSPS) is 15.8. The quantitative estimate of drug-likeness (QED) is 0.876. The van der Waals surface area contributed by atoms with Crippen molar-refractivity contribution in [2.45, 2.75) is 19.3 Å². The van der Waals surface area contributed by atoms with Gasteiger partial charge in [-0.1, -0.05) is 0 Å². The second-order valence-corrected chi connectivity index (χ2v) is 4.22. The number of anilines is 1. The molecule has 1 aliphatic heterocycles. The molecule has 1 aliphatic rings. The van der Waals surface area contributed by atoms with Gasteiger partial charge in [0.15, 0.2) is 11.5 Å². The maximum absolute atomic E-state index is 9.72. The van der Waals surface area contributed by atoms with E-state index in [9.17, 15) is 5.11 Å². The van der Waals surface area contributed by atoms with Gasteiger partial charge in [0.2, 0.25) is 5.75 Å². The summed E-state index contributed by atoms with van der Waals surface area (Å²) >= 11 is 0. The summed E-state index contributed by atoms with van der Waals surface area (Å²) in [6, 6.07) is 3.55. The summed E-state index contributed by atoms with van der Waals surface area (Å²) in [5.41, 5.74) is 1.00. The van der Waals surface area contributed by atoms with Crippen LogP contribution in [0.5, 0.6) is 17.2 Å². The number of ether oxygens (including phenoxy) is 2. The lowest BCUT2D eigenvalue weighted by atomic mass is 10.1. The van der Waals surface area contributed by atoms with E-state index in [1.165, 1.54) is 26.4 Å². The smallest absolute Gasteiger partial charge is 0.205 e. The van der Waals surface area contributed by atoms with Crippen molar-refractivity contribution in [3.63, 3.8) is 0 Å². The van der Waals surface area contributed by atoms with Gasteiger partial charge in [-0.05, 0) is 31.4 Å². The van der Waals surface area contributed by atoms with Crippen LogP contribution in [0.15, 0.2) is 12.1 Å². The molecule has 0 spiro atoms. The number of aromatic hydroxyl groups is 1. The van der Waals surface area contributed by atoms with Crippen molar-refractivity contribution in [3.8, 4) is 17.2 Å². The highest BCUT2D eigenvalue weighted by Crippen LogP contribution is 2.44. The van der Waals surface area contributed by atoms with E-state index in [2.05, 4.69) is 4.90 Å². The molecule has 2 rings (SSSR count). The summed E-state index contributed by atoms with van der Waals surface area (Å²) in [4.78, 5) is 2.28. The zero-order valence-corrected chi connectivity index (χ0v) is 10.4. The number of phenols is 1. The highest BCUT2D eigenvalue weighted by Gasteiger charge is 2.20. The third kappa shape index (κ3) is 2.25. The van der Waals surface area contributed by atoms with Gasteiger partial charge in [-0.15, -0.1) is 0 Å². The molecular formula is C13H19NO3. The molecule has 94 valence electrons. The number of nitrogens with zero attached hydrogens (tertiary/aromatic N) is 1. The Hall–Kier alpha value is -1.58. The summed E-state index contributed by atoms with van der Waals surface area (Å²) in [7, 11) is 3.14. The summed E-state index contributed by atoms with van der Waals surface area (Å²) in [6.07, 6.45) is 3.69. The maximum Gasteiger partial charge on any atom is 0.205 e. The van der Waals surface area contributed by atoms with E-state index in [0.717, 1.165) is 18.8 Å². The lowest BCUT2D eigenvalue weighted by molar-refractivity contribution is 0.333.